The first-order valence-electron chi connectivity index (χ1n) is 7.08. The lowest BCUT2D eigenvalue weighted by atomic mass is 9.86. The maximum atomic E-state index is 11.8. The van der Waals surface area contributed by atoms with Crippen LogP contribution in [0.1, 0.15) is 48.7 Å². The van der Waals surface area contributed by atoms with E-state index < -0.39 is 5.97 Å². The number of nitrogens with one attached hydrogen (secondary N) is 1. The van der Waals surface area contributed by atoms with Gasteiger partial charge in [0.1, 0.15) is 11.3 Å². The van der Waals surface area contributed by atoms with Crippen molar-refractivity contribution in [3.05, 3.63) is 23.7 Å². The van der Waals surface area contributed by atoms with Gasteiger partial charge in [-0.15, -0.1) is 0 Å². The van der Waals surface area contributed by atoms with Gasteiger partial charge in [-0.05, 0) is 31.7 Å². The second-order valence-corrected chi connectivity index (χ2v) is 5.40. The van der Waals surface area contributed by atoms with Crippen molar-refractivity contribution >= 4 is 11.9 Å². The van der Waals surface area contributed by atoms with Gasteiger partial charge >= 0.3 is 5.97 Å². The van der Waals surface area contributed by atoms with Crippen molar-refractivity contribution in [3.8, 4) is 0 Å². The number of carbonyl (C=O) groups is 2. The van der Waals surface area contributed by atoms with Crippen LogP contribution < -0.4 is 5.32 Å². The summed E-state index contributed by atoms with van der Waals surface area (Å²) < 4.78 is 10.0. The minimum Gasteiger partial charge on any atom is -0.469 e. The van der Waals surface area contributed by atoms with Crippen LogP contribution in [0, 0.1) is 12.8 Å². The van der Waals surface area contributed by atoms with Gasteiger partial charge in [0.05, 0.1) is 6.26 Å². The van der Waals surface area contributed by atoms with Gasteiger partial charge in [-0.2, -0.15) is 0 Å². The Bertz CT molecular complexity index is 480. The topological polar surface area (TPSA) is 68.5 Å². The smallest absolute Gasteiger partial charge is 0.342 e. The molecule has 0 bridgehead atoms. The van der Waals surface area contributed by atoms with Gasteiger partial charge in [0.2, 0.25) is 0 Å². The fourth-order valence-corrected chi connectivity index (χ4v) is 2.58. The summed E-state index contributed by atoms with van der Waals surface area (Å²) in [5.74, 6) is 0.220. The molecule has 1 aliphatic carbocycles. The second kappa shape index (κ2) is 6.59. The van der Waals surface area contributed by atoms with Gasteiger partial charge in [0.15, 0.2) is 6.61 Å². The van der Waals surface area contributed by atoms with Crippen LogP contribution >= 0.6 is 0 Å². The van der Waals surface area contributed by atoms with Crippen molar-refractivity contribution in [2.24, 2.45) is 5.92 Å². The molecule has 2 atom stereocenters. The van der Waals surface area contributed by atoms with Crippen molar-refractivity contribution in [2.75, 3.05) is 6.61 Å². The number of ether oxygens (including phenoxy) is 1. The Balaban J connectivity index is 1.77. The molecule has 1 aliphatic rings. The standard InChI is InChI=1S/C15H21NO4/c1-10-5-3-4-6-13(10)16-14(17)9-20-15(18)12-7-8-19-11(12)2/h7-8,10,13H,3-6,9H2,1-2H3,(H,16,17)/t10-,13+/m0/s1. The molecule has 1 heterocycles. The highest BCUT2D eigenvalue weighted by atomic mass is 16.5. The van der Waals surface area contributed by atoms with Crippen LogP contribution in [0.15, 0.2) is 16.7 Å². The molecule has 2 rings (SSSR count). The molecule has 1 aromatic rings. The first-order chi connectivity index (χ1) is 9.58. The average molecular weight is 279 g/mol. The lowest BCUT2D eigenvalue weighted by Crippen LogP contribution is -2.42. The molecule has 1 aromatic heterocycles. The van der Waals surface area contributed by atoms with Crippen molar-refractivity contribution in [1.29, 1.82) is 0 Å². The molecular formula is C15H21NO4. The molecule has 1 amide bonds. The zero-order chi connectivity index (χ0) is 14.5. The van der Waals surface area contributed by atoms with Gasteiger partial charge in [0.25, 0.3) is 5.91 Å². The number of aryl methyl sites for hydroxylation is 1. The van der Waals surface area contributed by atoms with Crippen LogP contribution in [0.3, 0.4) is 0 Å². The normalized spacial score (nSPS) is 22.3. The first-order valence-corrected chi connectivity index (χ1v) is 7.08. The minimum atomic E-state index is -0.525. The van der Waals surface area contributed by atoms with E-state index in [-0.39, 0.29) is 18.6 Å². The van der Waals surface area contributed by atoms with E-state index in [1.54, 1.807) is 13.0 Å². The molecule has 5 nitrogen and oxygen atoms in total. The second-order valence-electron chi connectivity index (χ2n) is 5.40. The molecule has 0 aromatic carbocycles. The molecule has 0 saturated heterocycles. The molecular weight excluding hydrogens is 258 g/mol. The van der Waals surface area contributed by atoms with E-state index in [0.717, 1.165) is 19.3 Å². The van der Waals surface area contributed by atoms with Crippen LogP contribution in [0.2, 0.25) is 0 Å². The molecule has 0 radical (unpaired) electrons. The van der Waals surface area contributed by atoms with Gasteiger partial charge in [-0.1, -0.05) is 19.8 Å². The predicted molar refractivity (Wildman–Crippen MR) is 73.3 cm³/mol. The van der Waals surface area contributed by atoms with E-state index in [0.29, 0.717) is 17.2 Å². The van der Waals surface area contributed by atoms with Crippen LogP contribution in [-0.2, 0) is 9.53 Å². The summed E-state index contributed by atoms with van der Waals surface area (Å²) >= 11 is 0. The molecule has 5 heteroatoms. The van der Waals surface area contributed by atoms with E-state index in [1.807, 2.05) is 0 Å². The van der Waals surface area contributed by atoms with Gasteiger partial charge in [0, 0.05) is 6.04 Å². The Morgan fingerprint density at radius 2 is 2.15 bits per heavy atom. The Labute approximate surface area is 118 Å². The molecule has 1 N–H and O–H groups in total. The predicted octanol–water partition coefficient (Wildman–Crippen LogP) is 2.44. The average Bonchev–Trinajstić information content (AvgIpc) is 2.85. The maximum Gasteiger partial charge on any atom is 0.342 e. The van der Waals surface area contributed by atoms with E-state index in [4.69, 9.17) is 9.15 Å². The van der Waals surface area contributed by atoms with E-state index in [9.17, 15) is 9.59 Å². The van der Waals surface area contributed by atoms with E-state index >= 15 is 0 Å². The fourth-order valence-electron chi connectivity index (χ4n) is 2.58. The highest BCUT2D eigenvalue weighted by molar-refractivity contribution is 5.92. The third kappa shape index (κ3) is 3.62. The van der Waals surface area contributed by atoms with Crippen LogP contribution in [-0.4, -0.2) is 24.5 Å². The molecule has 0 spiro atoms. The van der Waals surface area contributed by atoms with Crippen molar-refractivity contribution < 1.29 is 18.7 Å². The van der Waals surface area contributed by atoms with Gasteiger partial charge in [-0.25, -0.2) is 4.79 Å². The molecule has 110 valence electrons. The summed E-state index contributed by atoms with van der Waals surface area (Å²) in [6.45, 7) is 3.58. The molecule has 20 heavy (non-hydrogen) atoms. The summed E-state index contributed by atoms with van der Waals surface area (Å²) in [4.78, 5) is 23.5. The molecule has 0 unspecified atom stereocenters. The molecule has 1 saturated carbocycles. The minimum absolute atomic E-state index is 0.200. The first kappa shape index (κ1) is 14.6. The van der Waals surface area contributed by atoms with Crippen molar-refractivity contribution in [3.63, 3.8) is 0 Å². The van der Waals surface area contributed by atoms with Crippen LogP contribution in [0.4, 0.5) is 0 Å². The highest BCUT2D eigenvalue weighted by Gasteiger charge is 2.23. The number of hydrogen-bond donors (Lipinski definition) is 1. The number of amides is 1. The van der Waals surface area contributed by atoms with Crippen molar-refractivity contribution in [1.82, 2.24) is 5.32 Å². The van der Waals surface area contributed by atoms with Crippen LogP contribution in [0.25, 0.3) is 0 Å². The Morgan fingerprint density at radius 1 is 1.40 bits per heavy atom. The lowest BCUT2D eigenvalue weighted by Gasteiger charge is -2.29. The molecule has 0 aliphatic heterocycles. The lowest BCUT2D eigenvalue weighted by molar-refractivity contribution is -0.125. The number of hydrogen-bond acceptors (Lipinski definition) is 4. The third-order valence-electron chi connectivity index (χ3n) is 3.87. The monoisotopic (exact) mass is 279 g/mol. The van der Waals surface area contributed by atoms with Gasteiger partial charge in [-0.3, -0.25) is 4.79 Å². The van der Waals surface area contributed by atoms with Crippen LogP contribution in [0.5, 0.6) is 0 Å². The number of rotatable bonds is 4. The Morgan fingerprint density at radius 3 is 2.80 bits per heavy atom. The summed E-state index contributed by atoms with van der Waals surface area (Å²) in [5, 5.41) is 2.94. The Hall–Kier alpha value is -1.78. The fraction of sp³-hybridized carbons (Fsp3) is 0.600. The number of esters is 1. The zero-order valence-electron chi connectivity index (χ0n) is 12.0. The van der Waals surface area contributed by atoms with Crippen molar-refractivity contribution in [2.45, 2.75) is 45.6 Å². The summed E-state index contributed by atoms with van der Waals surface area (Å²) in [7, 11) is 0. The summed E-state index contributed by atoms with van der Waals surface area (Å²) in [5.41, 5.74) is 0.365. The van der Waals surface area contributed by atoms with Gasteiger partial charge < -0.3 is 14.5 Å². The zero-order valence-corrected chi connectivity index (χ0v) is 12.0. The quantitative estimate of drug-likeness (QED) is 0.859. The largest absolute Gasteiger partial charge is 0.469 e. The summed E-state index contributed by atoms with van der Waals surface area (Å²) in [6.07, 6.45) is 5.93. The number of furan rings is 1. The SMILES string of the molecule is Cc1occc1C(=O)OCC(=O)N[C@@H]1CCCC[C@@H]1C. The maximum absolute atomic E-state index is 11.8. The molecule has 1 fully saturated rings. The van der Waals surface area contributed by atoms with E-state index in [2.05, 4.69) is 12.2 Å². The highest BCUT2D eigenvalue weighted by Crippen LogP contribution is 2.23. The number of carbonyl (C=O) groups excluding carboxylic acids is 2. The third-order valence-corrected chi connectivity index (χ3v) is 3.87. The Kier molecular flexibility index (Phi) is 4.82. The van der Waals surface area contributed by atoms with E-state index in [1.165, 1.54) is 12.7 Å². The summed E-state index contributed by atoms with van der Waals surface area (Å²) in [6, 6.07) is 1.74.